The molecule has 1 aliphatic carbocycles. The molecule has 2 nitrogen and oxygen atoms in total. The second kappa shape index (κ2) is 7.58. The van der Waals surface area contributed by atoms with Gasteiger partial charge in [0.25, 0.3) is 0 Å². The lowest BCUT2D eigenvalue weighted by atomic mass is 9.83. The summed E-state index contributed by atoms with van der Waals surface area (Å²) < 4.78 is 10.6. The van der Waals surface area contributed by atoms with E-state index in [1.54, 1.807) is 14.2 Å². The summed E-state index contributed by atoms with van der Waals surface area (Å²) in [5.41, 5.74) is 2.43. The van der Waals surface area contributed by atoms with Gasteiger partial charge in [0.1, 0.15) is 11.5 Å². The van der Waals surface area contributed by atoms with E-state index in [9.17, 15) is 0 Å². The van der Waals surface area contributed by atoms with Crippen LogP contribution in [0.2, 0.25) is 0 Å². The highest BCUT2D eigenvalue weighted by molar-refractivity contribution is 6.19. The zero-order valence-electron chi connectivity index (χ0n) is 12.3. The van der Waals surface area contributed by atoms with Crippen LogP contribution in [0.5, 0.6) is 11.5 Å². The van der Waals surface area contributed by atoms with Crippen molar-refractivity contribution in [1.82, 2.24) is 0 Å². The molecule has 0 atom stereocenters. The molecule has 1 saturated carbocycles. The summed E-state index contributed by atoms with van der Waals surface area (Å²) in [4.78, 5) is 0. The molecule has 0 aliphatic heterocycles. The summed E-state index contributed by atoms with van der Waals surface area (Å²) in [6.07, 6.45) is 8.73. The average Bonchev–Trinajstić information content (AvgIpc) is 2.53. The van der Waals surface area contributed by atoms with Crippen LogP contribution < -0.4 is 9.47 Å². The van der Waals surface area contributed by atoms with Gasteiger partial charge in [0.2, 0.25) is 0 Å². The Morgan fingerprint density at radius 2 is 1.70 bits per heavy atom. The molecule has 0 radical (unpaired) electrons. The van der Waals surface area contributed by atoms with E-state index >= 15 is 0 Å². The van der Waals surface area contributed by atoms with Crippen molar-refractivity contribution in [3.05, 3.63) is 29.3 Å². The molecule has 0 spiro atoms. The molecule has 0 heterocycles. The summed E-state index contributed by atoms with van der Waals surface area (Å²) in [6, 6.07) is 5.94. The van der Waals surface area contributed by atoms with Crippen molar-refractivity contribution >= 4 is 17.7 Å². The molecule has 0 amide bonds. The molecule has 0 saturated heterocycles. The maximum Gasteiger partial charge on any atom is 0.123 e. The first-order chi connectivity index (χ1) is 9.76. The van der Waals surface area contributed by atoms with Crippen molar-refractivity contribution in [2.24, 2.45) is 5.92 Å². The monoisotopic (exact) mass is 294 g/mol. The van der Waals surface area contributed by atoms with Crippen LogP contribution in [0.4, 0.5) is 0 Å². The molecule has 20 heavy (non-hydrogen) atoms. The first-order valence-electron chi connectivity index (χ1n) is 7.26. The van der Waals surface area contributed by atoms with Crippen LogP contribution >= 0.6 is 11.6 Å². The van der Waals surface area contributed by atoms with E-state index in [4.69, 9.17) is 21.1 Å². The van der Waals surface area contributed by atoms with Crippen LogP contribution in [0.25, 0.3) is 6.08 Å². The van der Waals surface area contributed by atoms with E-state index in [-0.39, 0.29) is 0 Å². The molecule has 2 rings (SSSR count). The van der Waals surface area contributed by atoms with Crippen molar-refractivity contribution in [2.45, 2.75) is 32.1 Å². The Morgan fingerprint density at radius 1 is 1.10 bits per heavy atom. The number of benzene rings is 1. The van der Waals surface area contributed by atoms with Gasteiger partial charge in [0, 0.05) is 11.9 Å². The predicted octanol–water partition coefficient (Wildman–Crippen LogP) is 4.91. The minimum atomic E-state index is 0.601. The molecule has 0 bridgehead atoms. The summed E-state index contributed by atoms with van der Waals surface area (Å²) in [5.74, 6) is 2.87. The molecule has 0 N–H and O–H groups in total. The number of allylic oxidation sites excluding steroid dienone is 1. The molecule has 0 aromatic heterocycles. The van der Waals surface area contributed by atoms with Crippen LogP contribution in [0.3, 0.4) is 0 Å². The molecule has 1 aliphatic rings. The standard InChI is InChI=1S/C17H23ClO2/c1-19-16-9-13(10-17(11-16)20-2)8-15(12-18)14-6-4-3-5-7-14/h8-11,14H,3-7,12H2,1-2H3/b15-8-. The van der Waals surface area contributed by atoms with Crippen molar-refractivity contribution in [3.63, 3.8) is 0 Å². The number of alkyl halides is 1. The maximum absolute atomic E-state index is 6.17. The Hall–Kier alpha value is -1.15. The molecule has 110 valence electrons. The largest absolute Gasteiger partial charge is 0.497 e. The molecule has 0 unspecified atom stereocenters. The van der Waals surface area contributed by atoms with Gasteiger partial charge in [-0.1, -0.05) is 30.9 Å². The highest BCUT2D eigenvalue weighted by atomic mass is 35.5. The van der Waals surface area contributed by atoms with Crippen molar-refractivity contribution in [3.8, 4) is 11.5 Å². The molecule has 1 fully saturated rings. The topological polar surface area (TPSA) is 18.5 Å². The first kappa shape index (κ1) is 15.2. The van der Waals surface area contributed by atoms with Crippen LogP contribution in [0.15, 0.2) is 23.8 Å². The number of halogens is 1. The number of ether oxygens (including phenoxy) is 2. The van der Waals surface area contributed by atoms with E-state index in [1.807, 2.05) is 18.2 Å². The van der Waals surface area contributed by atoms with Crippen LogP contribution in [-0.4, -0.2) is 20.1 Å². The summed E-state index contributed by atoms with van der Waals surface area (Å²) in [7, 11) is 3.34. The molecule has 1 aromatic rings. The third-order valence-corrected chi connectivity index (χ3v) is 4.32. The van der Waals surface area contributed by atoms with Gasteiger partial charge in [0.15, 0.2) is 0 Å². The lowest BCUT2D eigenvalue weighted by molar-refractivity contribution is 0.394. The quantitative estimate of drug-likeness (QED) is 0.719. The van der Waals surface area contributed by atoms with Gasteiger partial charge in [-0.05, 0) is 36.5 Å². The number of hydrogen-bond donors (Lipinski definition) is 0. The normalized spacial score (nSPS) is 17.1. The SMILES string of the molecule is COc1cc(/C=C(/CCl)C2CCCCC2)cc(OC)c1. The zero-order valence-corrected chi connectivity index (χ0v) is 13.1. The smallest absolute Gasteiger partial charge is 0.123 e. The average molecular weight is 295 g/mol. The van der Waals surface area contributed by atoms with Gasteiger partial charge in [0.05, 0.1) is 14.2 Å². The second-order valence-corrected chi connectivity index (χ2v) is 5.60. The third kappa shape index (κ3) is 3.92. The predicted molar refractivity (Wildman–Crippen MR) is 84.8 cm³/mol. The molecular weight excluding hydrogens is 272 g/mol. The van der Waals surface area contributed by atoms with Crippen molar-refractivity contribution in [2.75, 3.05) is 20.1 Å². The van der Waals surface area contributed by atoms with Gasteiger partial charge < -0.3 is 9.47 Å². The fourth-order valence-electron chi connectivity index (χ4n) is 2.87. The Balaban J connectivity index is 2.25. The van der Waals surface area contributed by atoms with E-state index in [0.29, 0.717) is 11.8 Å². The molecule has 3 heteroatoms. The Morgan fingerprint density at radius 3 is 2.20 bits per heavy atom. The summed E-state index contributed by atoms with van der Waals surface area (Å²) in [6.45, 7) is 0. The van der Waals surface area contributed by atoms with Gasteiger partial charge in [-0.2, -0.15) is 0 Å². The van der Waals surface area contributed by atoms with Crippen LogP contribution in [-0.2, 0) is 0 Å². The fourth-order valence-corrected chi connectivity index (χ4v) is 3.16. The molecular formula is C17H23ClO2. The van der Waals surface area contributed by atoms with Gasteiger partial charge in [-0.3, -0.25) is 0 Å². The van der Waals surface area contributed by atoms with E-state index in [0.717, 1.165) is 17.1 Å². The minimum absolute atomic E-state index is 0.601. The summed E-state index contributed by atoms with van der Waals surface area (Å²) in [5, 5.41) is 0. The third-order valence-electron chi connectivity index (χ3n) is 4.01. The minimum Gasteiger partial charge on any atom is -0.497 e. The van der Waals surface area contributed by atoms with E-state index in [2.05, 4.69) is 6.08 Å². The lowest BCUT2D eigenvalue weighted by Crippen LogP contribution is -2.10. The maximum atomic E-state index is 6.17. The van der Waals surface area contributed by atoms with E-state index in [1.165, 1.54) is 37.7 Å². The highest BCUT2D eigenvalue weighted by Crippen LogP contribution is 2.32. The van der Waals surface area contributed by atoms with Crippen LogP contribution in [0.1, 0.15) is 37.7 Å². The van der Waals surface area contributed by atoms with Crippen molar-refractivity contribution in [1.29, 1.82) is 0 Å². The van der Waals surface area contributed by atoms with Gasteiger partial charge in [-0.15, -0.1) is 11.6 Å². The number of hydrogen-bond acceptors (Lipinski definition) is 2. The molecule has 1 aromatic carbocycles. The fraction of sp³-hybridized carbons (Fsp3) is 0.529. The van der Waals surface area contributed by atoms with Crippen molar-refractivity contribution < 1.29 is 9.47 Å². The van der Waals surface area contributed by atoms with Crippen LogP contribution in [0, 0.1) is 5.92 Å². The Bertz CT molecular complexity index is 440. The highest BCUT2D eigenvalue weighted by Gasteiger charge is 2.17. The summed E-state index contributed by atoms with van der Waals surface area (Å²) >= 11 is 6.17. The van der Waals surface area contributed by atoms with Gasteiger partial charge in [-0.25, -0.2) is 0 Å². The Labute approximate surface area is 126 Å². The zero-order chi connectivity index (χ0) is 14.4. The second-order valence-electron chi connectivity index (χ2n) is 5.33. The first-order valence-corrected chi connectivity index (χ1v) is 7.79. The van der Waals surface area contributed by atoms with Gasteiger partial charge >= 0.3 is 0 Å². The number of rotatable bonds is 5. The van der Waals surface area contributed by atoms with E-state index < -0.39 is 0 Å². The number of methoxy groups -OCH3 is 2. The Kier molecular flexibility index (Phi) is 5.78. The lowest BCUT2D eigenvalue weighted by Gasteiger charge is -2.23.